The number of ether oxygens (including phenoxy) is 1. The van der Waals surface area contributed by atoms with E-state index >= 15 is 0 Å². The summed E-state index contributed by atoms with van der Waals surface area (Å²) in [5.74, 6) is 2.56. The highest BCUT2D eigenvalue weighted by molar-refractivity contribution is 5.52. The number of hydrogen-bond donors (Lipinski definition) is 0. The second kappa shape index (κ2) is 5.72. The summed E-state index contributed by atoms with van der Waals surface area (Å²) >= 11 is 0. The van der Waals surface area contributed by atoms with E-state index in [-0.39, 0.29) is 0 Å². The molecule has 3 rings (SSSR count). The predicted octanol–water partition coefficient (Wildman–Crippen LogP) is 3.28. The zero-order valence-corrected chi connectivity index (χ0v) is 12.9. The molecule has 2 aliphatic heterocycles. The Morgan fingerprint density at radius 3 is 3.00 bits per heavy atom. The molecule has 0 bridgehead atoms. The Hall–Kier alpha value is -1.09. The van der Waals surface area contributed by atoms with Gasteiger partial charge >= 0.3 is 0 Å². The Morgan fingerprint density at radius 1 is 1.40 bits per heavy atom. The SMILES string of the molecule is CC(C)C1CC(CC(C)N2CCc3cccnc32)CO1. The van der Waals surface area contributed by atoms with E-state index in [1.54, 1.807) is 0 Å². The van der Waals surface area contributed by atoms with Gasteiger partial charge in [0.05, 0.1) is 6.10 Å². The molecule has 3 nitrogen and oxygen atoms in total. The van der Waals surface area contributed by atoms with E-state index in [1.165, 1.54) is 24.2 Å². The van der Waals surface area contributed by atoms with E-state index in [4.69, 9.17) is 4.74 Å². The minimum Gasteiger partial charge on any atom is -0.378 e. The van der Waals surface area contributed by atoms with Crippen LogP contribution in [0.3, 0.4) is 0 Å². The first kappa shape index (κ1) is 13.9. The second-order valence-electron chi connectivity index (χ2n) is 6.73. The van der Waals surface area contributed by atoms with Crippen LogP contribution in [0.2, 0.25) is 0 Å². The Labute approximate surface area is 122 Å². The second-order valence-corrected chi connectivity index (χ2v) is 6.73. The van der Waals surface area contributed by atoms with Gasteiger partial charge in [-0.2, -0.15) is 0 Å². The van der Waals surface area contributed by atoms with Gasteiger partial charge in [-0.1, -0.05) is 19.9 Å². The van der Waals surface area contributed by atoms with Crippen molar-refractivity contribution in [2.24, 2.45) is 11.8 Å². The Balaban J connectivity index is 1.60. The summed E-state index contributed by atoms with van der Waals surface area (Å²) in [6.45, 7) is 8.92. The van der Waals surface area contributed by atoms with Crippen molar-refractivity contribution in [1.82, 2.24) is 4.98 Å². The van der Waals surface area contributed by atoms with E-state index in [0.29, 0.717) is 24.0 Å². The van der Waals surface area contributed by atoms with Crippen LogP contribution in [0.25, 0.3) is 0 Å². The summed E-state index contributed by atoms with van der Waals surface area (Å²) in [5, 5.41) is 0. The fourth-order valence-corrected chi connectivity index (χ4v) is 3.62. The number of rotatable bonds is 4. The fourth-order valence-electron chi connectivity index (χ4n) is 3.62. The highest BCUT2D eigenvalue weighted by atomic mass is 16.5. The summed E-state index contributed by atoms with van der Waals surface area (Å²) in [5.41, 5.74) is 1.40. The van der Waals surface area contributed by atoms with Gasteiger partial charge in [0.2, 0.25) is 0 Å². The average molecular weight is 274 g/mol. The lowest BCUT2D eigenvalue weighted by atomic mass is 9.93. The summed E-state index contributed by atoms with van der Waals surface area (Å²) in [6.07, 6.45) is 5.97. The maximum absolute atomic E-state index is 5.93. The molecule has 20 heavy (non-hydrogen) atoms. The van der Waals surface area contributed by atoms with Crippen LogP contribution in [0.4, 0.5) is 5.82 Å². The summed E-state index contributed by atoms with van der Waals surface area (Å²) in [6, 6.07) is 4.82. The van der Waals surface area contributed by atoms with Crippen molar-refractivity contribution < 1.29 is 4.74 Å². The number of fused-ring (bicyclic) bond motifs is 1. The maximum atomic E-state index is 5.93. The molecule has 0 aromatic carbocycles. The Bertz CT molecular complexity index is 460. The van der Waals surface area contributed by atoms with Gasteiger partial charge in [0.1, 0.15) is 5.82 Å². The lowest BCUT2D eigenvalue weighted by Crippen LogP contribution is -2.33. The van der Waals surface area contributed by atoms with Crippen molar-refractivity contribution in [2.45, 2.75) is 52.2 Å². The summed E-state index contributed by atoms with van der Waals surface area (Å²) in [4.78, 5) is 7.06. The van der Waals surface area contributed by atoms with Crippen molar-refractivity contribution in [3.63, 3.8) is 0 Å². The van der Waals surface area contributed by atoms with E-state index in [9.17, 15) is 0 Å². The van der Waals surface area contributed by atoms with Crippen molar-refractivity contribution in [2.75, 3.05) is 18.1 Å². The van der Waals surface area contributed by atoms with Crippen molar-refractivity contribution >= 4 is 5.82 Å². The lowest BCUT2D eigenvalue weighted by Gasteiger charge is -2.28. The van der Waals surface area contributed by atoms with Gasteiger partial charge in [0, 0.05) is 25.4 Å². The van der Waals surface area contributed by atoms with Crippen LogP contribution in [0.5, 0.6) is 0 Å². The molecular formula is C17H26N2O. The third-order valence-corrected chi connectivity index (χ3v) is 4.82. The molecule has 2 aliphatic rings. The molecule has 1 aromatic rings. The van der Waals surface area contributed by atoms with Crippen LogP contribution < -0.4 is 4.90 Å². The molecule has 110 valence electrons. The predicted molar refractivity (Wildman–Crippen MR) is 82.1 cm³/mol. The Morgan fingerprint density at radius 2 is 2.25 bits per heavy atom. The first-order valence-corrected chi connectivity index (χ1v) is 7.97. The summed E-state index contributed by atoms with van der Waals surface area (Å²) in [7, 11) is 0. The molecule has 0 N–H and O–H groups in total. The summed E-state index contributed by atoms with van der Waals surface area (Å²) < 4.78 is 5.93. The van der Waals surface area contributed by atoms with Crippen molar-refractivity contribution in [3.8, 4) is 0 Å². The van der Waals surface area contributed by atoms with E-state index in [0.717, 1.165) is 19.6 Å². The van der Waals surface area contributed by atoms with E-state index < -0.39 is 0 Å². The number of nitrogens with zero attached hydrogens (tertiary/aromatic N) is 2. The molecule has 0 aliphatic carbocycles. The van der Waals surface area contributed by atoms with Crippen LogP contribution in [0, 0.1) is 11.8 Å². The van der Waals surface area contributed by atoms with Crippen LogP contribution in [-0.2, 0) is 11.2 Å². The normalized spacial score (nSPS) is 27.1. The van der Waals surface area contributed by atoms with Gasteiger partial charge in [-0.3, -0.25) is 0 Å². The fraction of sp³-hybridized carbons (Fsp3) is 0.706. The largest absolute Gasteiger partial charge is 0.378 e. The monoisotopic (exact) mass is 274 g/mol. The molecule has 3 heterocycles. The molecule has 0 spiro atoms. The molecule has 3 unspecified atom stereocenters. The molecule has 1 aromatic heterocycles. The van der Waals surface area contributed by atoms with Crippen molar-refractivity contribution in [3.05, 3.63) is 23.9 Å². The van der Waals surface area contributed by atoms with Gasteiger partial charge in [-0.15, -0.1) is 0 Å². The lowest BCUT2D eigenvalue weighted by molar-refractivity contribution is 0.0726. The third-order valence-electron chi connectivity index (χ3n) is 4.82. The topological polar surface area (TPSA) is 25.4 Å². The number of pyridine rings is 1. The molecule has 0 saturated carbocycles. The van der Waals surface area contributed by atoms with Crippen molar-refractivity contribution in [1.29, 1.82) is 0 Å². The molecule has 1 saturated heterocycles. The van der Waals surface area contributed by atoms with E-state index in [2.05, 4.69) is 36.7 Å². The van der Waals surface area contributed by atoms with E-state index in [1.807, 2.05) is 12.3 Å². The minimum atomic E-state index is 0.469. The van der Waals surface area contributed by atoms with Gasteiger partial charge in [0.25, 0.3) is 0 Å². The molecule has 3 atom stereocenters. The van der Waals surface area contributed by atoms with Crippen LogP contribution in [0.1, 0.15) is 39.2 Å². The smallest absolute Gasteiger partial charge is 0.132 e. The first-order chi connectivity index (χ1) is 9.65. The van der Waals surface area contributed by atoms with Crippen LogP contribution in [0.15, 0.2) is 18.3 Å². The standard InChI is InChI=1S/C17H26N2O/c1-12(2)16-10-14(11-20-16)9-13(3)19-8-6-15-5-4-7-18-17(15)19/h4-5,7,12-14,16H,6,8-11H2,1-3H3. The number of aromatic nitrogens is 1. The third kappa shape index (κ3) is 2.69. The zero-order chi connectivity index (χ0) is 14.1. The van der Waals surface area contributed by atoms with Gasteiger partial charge in [0.15, 0.2) is 0 Å². The molecule has 1 fully saturated rings. The highest BCUT2D eigenvalue weighted by Gasteiger charge is 2.31. The van der Waals surface area contributed by atoms with Gasteiger partial charge in [-0.05, 0) is 49.7 Å². The average Bonchev–Trinajstić information content (AvgIpc) is 3.04. The maximum Gasteiger partial charge on any atom is 0.132 e. The number of anilines is 1. The first-order valence-electron chi connectivity index (χ1n) is 7.97. The Kier molecular flexibility index (Phi) is 3.97. The molecule has 0 amide bonds. The van der Waals surface area contributed by atoms with Gasteiger partial charge in [-0.25, -0.2) is 4.98 Å². The van der Waals surface area contributed by atoms with Crippen LogP contribution >= 0.6 is 0 Å². The molecule has 0 radical (unpaired) electrons. The molecule has 3 heteroatoms. The molecular weight excluding hydrogens is 248 g/mol. The zero-order valence-electron chi connectivity index (χ0n) is 12.9. The highest BCUT2D eigenvalue weighted by Crippen LogP contribution is 2.32. The quantitative estimate of drug-likeness (QED) is 0.842. The van der Waals surface area contributed by atoms with Crippen LogP contribution in [-0.4, -0.2) is 30.3 Å². The number of hydrogen-bond acceptors (Lipinski definition) is 3. The van der Waals surface area contributed by atoms with Gasteiger partial charge < -0.3 is 9.64 Å². The minimum absolute atomic E-state index is 0.469.